The maximum atomic E-state index is 13.1. The Bertz CT molecular complexity index is 970. The molecule has 0 radical (unpaired) electrons. The predicted octanol–water partition coefficient (Wildman–Crippen LogP) is 5.11. The number of piperazine rings is 1. The molecular weight excluding hydrogens is 446 g/mol. The third kappa shape index (κ3) is 6.84. The van der Waals surface area contributed by atoms with Crippen LogP contribution in [0.4, 0.5) is 5.95 Å². The van der Waals surface area contributed by atoms with Gasteiger partial charge in [0.1, 0.15) is 0 Å². The van der Waals surface area contributed by atoms with Gasteiger partial charge >= 0.3 is 0 Å². The van der Waals surface area contributed by atoms with Crippen LogP contribution in [-0.4, -0.2) is 71.0 Å². The van der Waals surface area contributed by atoms with Gasteiger partial charge in [-0.25, -0.2) is 9.97 Å². The van der Waals surface area contributed by atoms with E-state index in [0.29, 0.717) is 6.42 Å². The number of anilines is 1. The minimum atomic E-state index is 0.261. The number of amides is 1. The fourth-order valence-corrected chi connectivity index (χ4v) is 5.60. The van der Waals surface area contributed by atoms with Crippen LogP contribution in [-0.2, 0) is 17.6 Å². The number of aromatic nitrogens is 2. The summed E-state index contributed by atoms with van der Waals surface area (Å²) < 4.78 is 0. The molecule has 1 saturated carbocycles. The summed E-state index contributed by atoms with van der Waals surface area (Å²) in [5.41, 5.74) is 4.89. The average Bonchev–Trinajstić information content (AvgIpc) is 3.00. The van der Waals surface area contributed by atoms with Gasteiger partial charge in [0.15, 0.2) is 0 Å². The first kappa shape index (κ1) is 26.6. The Balaban J connectivity index is 0.00000148. The Hall–Kier alpha value is -2.47. The van der Waals surface area contributed by atoms with Crippen molar-refractivity contribution in [3.05, 3.63) is 52.9 Å². The monoisotopic (exact) mass is 491 g/mol. The maximum Gasteiger partial charge on any atom is 0.226 e. The summed E-state index contributed by atoms with van der Waals surface area (Å²) in [4.78, 5) is 30.0. The third-order valence-electron chi connectivity index (χ3n) is 7.88. The zero-order valence-electron chi connectivity index (χ0n) is 22.7. The lowest BCUT2D eigenvalue weighted by molar-refractivity contribution is -0.130. The van der Waals surface area contributed by atoms with E-state index in [1.165, 1.54) is 41.7 Å². The first-order valence-corrected chi connectivity index (χ1v) is 14.3. The summed E-state index contributed by atoms with van der Waals surface area (Å²) in [5, 5.41) is 0. The largest absolute Gasteiger partial charge is 0.342 e. The fourth-order valence-electron chi connectivity index (χ4n) is 5.60. The second-order valence-electron chi connectivity index (χ2n) is 10.4. The predicted molar refractivity (Wildman–Crippen MR) is 148 cm³/mol. The molecule has 1 aromatic heterocycles. The number of hydrogen-bond acceptors (Lipinski definition) is 5. The Morgan fingerprint density at radius 1 is 1.00 bits per heavy atom. The molecule has 1 aromatic rings. The van der Waals surface area contributed by atoms with Crippen LogP contribution in [0.5, 0.6) is 0 Å². The van der Waals surface area contributed by atoms with E-state index in [9.17, 15) is 4.79 Å². The molecule has 1 amide bonds. The number of rotatable bonds is 4. The number of allylic oxidation sites excluding steroid dienone is 5. The molecule has 0 aromatic carbocycles. The molecular formula is C30H45N5O. The molecule has 2 aliphatic carbocycles. The highest BCUT2D eigenvalue weighted by atomic mass is 16.2. The molecule has 36 heavy (non-hydrogen) atoms. The van der Waals surface area contributed by atoms with Crippen LogP contribution < -0.4 is 4.90 Å². The Labute approximate surface area is 218 Å². The topological polar surface area (TPSA) is 52.6 Å². The molecule has 3 heterocycles. The van der Waals surface area contributed by atoms with Crippen LogP contribution in [0.3, 0.4) is 0 Å². The number of hydrogen-bond donors (Lipinski definition) is 0. The Morgan fingerprint density at radius 2 is 1.75 bits per heavy atom. The highest BCUT2D eigenvalue weighted by Crippen LogP contribution is 2.26. The molecule has 196 valence electrons. The van der Waals surface area contributed by atoms with E-state index >= 15 is 0 Å². The minimum Gasteiger partial charge on any atom is -0.342 e. The van der Waals surface area contributed by atoms with Gasteiger partial charge in [0.2, 0.25) is 11.9 Å². The molecule has 4 aliphatic rings. The van der Waals surface area contributed by atoms with Crippen molar-refractivity contribution >= 4 is 11.9 Å². The van der Waals surface area contributed by atoms with Gasteiger partial charge in [-0.15, -0.1) is 0 Å². The van der Waals surface area contributed by atoms with Gasteiger partial charge in [-0.2, -0.15) is 0 Å². The normalized spacial score (nSPS) is 21.4. The van der Waals surface area contributed by atoms with Crippen molar-refractivity contribution in [1.82, 2.24) is 19.8 Å². The second kappa shape index (κ2) is 13.2. The Kier molecular flexibility index (Phi) is 9.74. The van der Waals surface area contributed by atoms with E-state index in [1.807, 2.05) is 13.8 Å². The van der Waals surface area contributed by atoms with Crippen molar-refractivity contribution in [2.45, 2.75) is 84.6 Å². The van der Waals surface area contributed by atoms with E-state index in [-0.39, 0.29) is 5.91 Å². The molecule has 0 bridgehead atoms. The first-order chi connectivity index (χ1) is 17.7. The number of carbonyl (C=O) groups excluding carboxylic acids is 1. The Morgan fingerprint density at radius 3 is 2.47 bits per heavy atom. The average molecular weight is 492 g/mol. The van der Waals surface area contributed by atoms with Crippen LogP contribution in [0.2, 0.25) is 0 Å². The maximum absolute atomic E-state index is 13.1. The summed E-state index contributed by atoms with van der Waals surface area (Å²) in [6.07, 6.45) is 19.9. The van der Waals surface area contributed by atoms with Crippen molar-refractivity contribution in [2.24, 2.45) is 0 Å². The lowest BCUT2D eigenvalue weighted by Crippen LogP contribution is -2.52. The second-order valence-corrected chi connectivity index (χ2v) is 10.4. The van der Waals surface area contributed by atoms with Gasteiger partial charge in [0.05, 0.1) is 0 Å². The van der Waals surface area contributed by atoms with Crippen molar-refractivity contribution < 1.29 is 4.79 Å². The zero-order chi connectivity index (χ0) is 25.3. The molecule has 0 unspecified atom stereocenters. The quantitative estimate of drug-likeness (QED) is 0.586. The molecule has 0 atom stereocenters. The zero-order valence-corrected chi connectivity index (χ0v) is 22.7. The van der Waals surface area contributed by atoms with Crippen molar-refractivity contribution in [3.63, 3.8) is 0 Å². The number of carbonyl (C=O) groups is 1. The molecule has 1 saturated heterocycles. The molecule has 0 spiro atoms. The van der Waals surface area contributed by atoms with Gasteiger partial charge < -0.3 is 9.80 Å². The summed E-state index contributed by atoms with van der Waals surface area (Å²) in [7, 11) is 0. The van der Waals surface area contributed by atoms with Gasteiger partial charge in [-0.1, -0.05) is 55.7 Å². The van der Waals surface area contributed by atoms with Crippen molar-refractivity contribution in [1.29, 1.82) is 0 Å². The molecule has 0 N–H and O–H groups in total. The summed E-state index contributed by atoms with van der Waals surface area (Å²) in [6.45, 7) is 12.0. The minimum absolute atomic E-state index is 0.261. The third-order valence-corrected chi connectivity index (χ3v) is 7.88. The highest BCUT2D eigenvalue weighted by Gasteiger charge is 2.29. The van der Waals surface area contributed by atoms with Gasteiger partial charge in [-0.3, -0.25) is 9.69 Å². The molecule has 2 fully saturated rings. The van der Waals surface area contributed by atoms with E-state index in [1.54, 1.807) is 0 Å². The van der Waals surface area contributed by atoms with E-state index < -0.39 is 0 Å². The van der Waals surface area contributed by atoms with Crippen LogP contribution in [0.1, 0.15) is 77.0 Å². The summed E-state index contributed by atoms with van der Waals surface area (Å²) >= 11 is 0. The van der Waals surface area contributed by atoms with Crippen LogP contribution in [0.15, 0.2) is 41.6 Å². The SMILES string of the molecule is CC.CC1=CC=CCC(CC(=O)N2CCCc3cnc(N4CCN(C5CCC5)CC4)nc3CCC2)=C1. The van der Waals surface area contributed by atoms with Gasteiger partial charge in [0, 0.05) is 63.6 Å². The fraction of sp³-hybridized carbons (Fsp3) is 0.633. The van der Waals surface area contributed by atoms with Gasteiger partial charge in [-0.05, 0) is 57.4 Å². The molecule has 2 aliphatic heterocycles. The first-order valence-electron chi connectivity index (χ1n) is 14.3. The number of nitrogens with zero attached hydrogens (tertiary/aromatic N) is 5. The van der Waals surface area contributed by atoms with Crippen molar-refractivity contribution in [2.75, 3.05) is 44.2 Å². The lowest BCUT2D eigenvalue weighted by atomic mass is 9.91. The van der Waals surface area contributed by atoms with Crippen LogP contribution in [0, 0.1) is 0 Å². The summed E-state index contributed by atoms with van der Waals surface area (Å²) in [5.74, 6) is 1.16. The highest BCUT2D eigenvalue weighted by molar-refractivity contribution is 5.79. The lowest BCUT2D eigenvalue weighted by Gasteiger charge is -2.43. The molecule has 5 rings (SSSR count). The number of fused-ring (bicyclic) bond motifs is 1. The van der Waals surface area contributed by atoms with Crippen molar-refractivity contribution in [3.8, 4) is 0 Å². The molecule has 6 heteroatoms. The van der Waals surface area contributed by atoms with E-state index in [2.05, 4.69) is 52.1 Å². The van der Waals surface area contributed by atoms with E-state index in [0.717, 1.165) is 83.4 Å². The standard InChI is InChI=1S/C28H39N5O.C2H6/c1-22-7-2-3-8-23(19-22)20-27(34)32-13-5-9-24-21-29-28(30-26(24)12-6-14-32)33-17-15-31(16-18-33)25-10-4-11-25;1-2/h2-3,7,19,21,25H,4-6,8-18,20H2,1H3;1-2H3. The summed E-state index contributed by atoms with van der Waals surface area (Å²) in [6, 6.07) is 0.823. The molecule has 6 nitrogen and oxygen atoms in total. The van der Waals surface area contributed by atoms with Crippen LogP contribution >= 0.6 is 0 Å². The van der Waals surface area contributed by atoms with E-state index in [4.69, 9.17) is 9.97 Å². The van der Waals surface area contributed by atoms with Gasteiger partial charge in [0.25, 0.3) is 0 Å². The van der Waals surface area contributed by atoms with Crippen LogP contribution in [0.25, 0.3) is 0 Å². The smallest absolute Gasteiger partial charge is 0.226 e. The number of aryl methyl sites for hydroxylation is 2.